The van der Waals surface area contributed by atoms with Crippen molar-refractivity contribution in [3.8, 4) is 0 Å². The van der Waals surface area contributed by atoms with Gasteiger partial charge in [-0.2, -0.15) is 13.2 Å². The van der Waals surface area contributed by atoms with Crippen LogP contribution in [0.3, 0.4) is 0 Å². The van der Waals surface area contributed by atoms with Gasteiger partial charge in [-0.05, 0) is 48.6 Å². The molecule has 3 N–H and O–H groups in total. The quantitative estimate of drug-likeness (QED) is 0.774. The molecule has 3 rings (SSSR count). The summed E-state index contributed by atoms with van der Waals surface area (Å²) in [5, 5.41) is 3.13. The molecule has 1 amide bonds. The van der Waals surface area contributed by atoms with Crippen LogP contribution in [0.1, 0.15) is 44.2 Å². The number of likely N-dealkylation sites (tertiary alicyclic amines) is 1. The van der Waals surface area contributed by atoms with E-state index in [0.29, 0.717) is 36.3 Å². The average molecular weight is 397 g/mol. The minimum absolute atomic E-state index is 0.0873. The number of rotatable bonds is 6. The highest BCUT2D eigenvalue weighted by Gasteiger charge is 2.43. The topological polar surface area (TPSA) is 58.4 Å². The Hall–Kier alpha value is -1.60. The van der Waals surface area contributed by atoms with Crippen molar-refractivity contribution in [2.45, 2.75) is 57.9 Å². The summed E-state index contributed by atoms with van der Waals surface area (Å²) in [6, 6.07) is 5.18. The maximum absolute atomic E-state index is 12.9. The number of fused-ring (bicyclic) bond motifs is 1. The Morgan fingerprint density at radius 2 is 2.04 bits per heavy atom. The van der Waals surface area contributed by atoms with Gasteiger partial charge in [0.2, 0.25) is 5.91 Å². The summed E-state index contributed by atoms with van der Waals surface area (Å²) in [5.41, 5.74) is 6.07. The Morgan fingerprint density at radius 3 is 2.71 bits per heavy atom. The standard InChI is InChI=1S/C21H30F3N3O/c1-13(2)8-18(25)20(28)26-19-7-6-15-11-27(12-17(15)19)10-14-4-3-5-16(9-14)21(22,23)24/h3-5,9,13,15,17-19H,6-8,10-12,25H2,1-2H3,(H,26,28)/t15-,17?,18?,19?/m0/s1. The molecule has 1 aliphatic heterocycles. The van der Waals surface area contributed by atoms with Gasteiger partial charge >= 0.3 is 6.18 Å². The van der Waals surface area contributed by atoms with Crippen molar-refractivity contribution in [1.29, 1.82) is 0 Å². The number of halogens is 3. The van der Waals surface area contributed by atoms with E-state index in [-0.39, 0.29) is 11.9 Å². The molecule has 0 bridgehead atoms. The normalized spacial score (nSPS) is 26.5. The molecule has 0 radical (unpaired) electrons. The summed E-state index contributed by atoms with van der Waals surface area (Å²) in [7, 11) is 0. The van der Waals surface area contributed by atoms with Gasteiger partial charge in [0, 0.05) is 25.7 Å². The number of nitrogens with two attached hydrogens (primary N) is 1. The third kappa shape index (κ3) is 5.06. The van der Waals surface area contributed by atoms with E-state index in [9.17, 15) is 18.0 Å². The molecule has 4 nitrogen and oxygen atoms in total. The molecule has 28 heavy (non-hydrogen) atoms. The minimum atomic E-state index is -4.32. The number of nitrogens with zero attached hydrogens (tertiary/aromatic N) is 1. The Kier molecular flexibility index (Phi) is 6.34. The molecule has 0 aromatic heterocycles. The van der Waals surface area contributed by atoms with Crippen LogP contribution in [-0.2, 0) is 17.5 Å². The second-order valence-electron chi connectivity index (χ2n) is 8.74. The third-order valence-electron chi connectivity index (χ3n) is 5.98. The third-order valence-corrected chi connectivity index (χ3v) is 5.98. The van der Waals surface area contributed by atoms with E-state index in [4.69, 9.17) is 5.73 Å². The van der Waals surface area contributed by atoms with Gasteiger partial charge in [0.1, 0.15) is 0 Å². The summed E-state index contributed by atoms with van der Waals surface area (Å²) in [6.45, 7) is 6.25. The number of hydrogen-bond acceptors (Lipinski definition) is 3. The molecule has 4 atom stereocenters. The Balaban J connectivity index is 1.57. The smallest absolute Gasteiger partial charge is 0.352 e. The van der Waals surface area contributed by atoms with Crippen LogP contribution in [0.25, 0.3) is 0 Å². The van der Waals surface area contributed by atoms with E-state index in [1.54, 1.807) is 6.07 Å². The van der Waals surface area contributed by atoms with Crippen molar-refractivity contribution in [1.82, 2.24) is 10.2 Å². The number of benzene rings is 1. The molecule has 156 valence electrons. The molecule has 1 saturated carbocycles. The number of alkyl halides is 3. The van der Waals surface area contributed by atoms with E-state index in [0.717, 1.165) is 32.0 Å². The maximum Gasteiger partial charge on any atom is 0.416 e. The highest BCUT2D eigenvalue weighted by atomic mass is 19.4. The lowest BCUT2D eigenvalue weighted by atomic mass is 9.97. The van der Waals surface area contributed by atoms with Crippen molar-refractivity contribution in [2.75, 3.05) is 13.1 Å². The lowest BCUT2D eigenvalue weighted by Crippen LogP contribution is -2.48. The fourth-order valence-electron chi connectivity index (χ4n) is 4.67. The monoisotopic (exact) mass is 397 g/mol. The highest BCUT2D eigenvalue weighted by molar-refractivity contribution is 5.81. The van der Waals surface area contributed by atoms with Crippen LogP contribution in [-0.4, -0.2) is 36.0 Å². The minimum Gasteiger partial charge on any atom is -0.352 e. The molecule has 1 aromatic rings. The zero-order chi connectivity index (χ0) is 20.5. The fourth-order valence-corrected chi connectivity index (χ4v) is 4.67. The van der Waals surface area contributed by atoms with Gasteiger partial charge in [0.25, 0.3) is 0 Å². The number of amides is 1. The fraction of sp³-hybridized carbons (Fsp3) is 0.667. The molecule has 0 spiro atoms. The van der Waals surface area contributed by atoms with Crippen molar-refractivity contribution in [2.24, 2.45) is 23.5 Å². The van der Waals surface area contributed by atoms with Crippen LogP contribution >= 0.6 is 0 Å². The summed E-state index contributed by atoms with van der Waals surface area (Å²) in [6.07, 6.45) is -1.67. The van der Waals surface area contributed by atoms with Crippen LogP contribution in [0.2, 0.25) is 0 Å². The molecule has 1 heterocycles. The molecule has 2 aliphatic rings. The molecule has 1 saturated heterocycles. The van der Waals surface area contributed by atoms with Crippen molar-refractivity contribution < 1.29 is 18.0 Å². The van der Waals surface area contributed by atoms with Crippen LogP contribution in [0, 0.1) is 17.8 Å². The predicted octanol–water partition coefficient (Wildman–Crippen LogP) is 3.41. The number of hydrogen-bond donors (Lipinski definition) is 2. The Bertz CT molecular complexity index is 692. The molecule has 2 fully saturated rings. The molecule has 7 heteroatoms. The van der Waals surface area contributed by atoms with E-state index < -0.39 is 17.8 Å². The SMILES string of the molecule is CC(C)CC(N)C(=O)NC1CC[C@H]2CN(Cc3cccc(C(F)(F)F)c3)CC12. The van der Waals surface area contributed by atoms with Crippen molar-refractivity contribution in [3.05, 3.63) is 35.4 Å². The zero-order valence-electron chi connectivity index (χ0n) is 16.5. The summed E-state index contributed by atoms with van der Waals surface area (Å²) < 4.78 is 38.8. The second kappa shape index (κ2) is 8.41. The first kappa shape index (κ1) is 21.1. The van der Waals surface area contributed by atoms with Gasteiger partial charge in [-0.25, -0.2) is 0 Å². The number of carbonyl (C=O) groups excluding carboxylic acids is 1. The van der Waals surface area contributed by atoms with E-state index >= 15 is 0 Å². The maximum atomic E-state index is 12.9. The molecule has 3 unspecified atom stereocenters. The van der Waals surface area contributed by atoms with Crippen LogP contribution in [0.4, 0.5) is 13.2 Å². The van der Waals surface area contributed by atoms with Crippen molar-refractivity contribution >= 4 is 5.91 Å². The second-order valence-corrected chi connectivity index (χ2v) is 8.74. The lowest BCUT2D eigenvalue weighted by Gasteiger charge is -2.24. The average Bonchev–Trinajstić information content (AvgIpc) is 3.15. The van der Waals surface area contributed by atoms with Gasteiger partial charge in [-0.15, -0.1) is 0 Å². The van der Waals surface area contributed by atoms with Crippen LogP contribution < -0.4 is 11.1 Å². The predicted molar refractivity (Wildman–Crippen MR) is 102 cm³/mol. The van der Waals surface area contributed by atoms with Gasteiger partial charge in [0.15, 0.2) is 0 Å². The number of carbonyl (C=O) groups is 1. The van der Waals surface area contributed by atoms with Crippen molar-refractivity contribution in [3.63, 3.8) is 0 Å². The summed E-state index contributed by atoms with van der Waals surface area (Å²) in [5.74, 6) is 1.11. The van der Waals surface area contributed by atoms with Gasteiger partial charge < -0.3 is 11.1 Å². The molecular formula is C21H30F3N3O. The molecule has 1 aliphatic carbocycles. The summed E-state index contributed by atoms with van der Waals surface area (Å²) >= 11 is 0. The van der Waals surface area contributed by atoms with Gasteiger partial charge in [0.05, 0.1) is 11.6 Å². The van der Waals surface area contributed by atoms with Crippen LogP contribution in [0.15, 0.2) is 24.3 Å². The first-order chi connectivity index (χ1) is 13.1. The van der Waals surface area contributed by atoms with E-state index in [2.05, 4.69) is 10.2 Å². The largest absolute Gasteiger partial charge is 0.416 e. The summed E-state index contributed by atoms with van der Waals surface area (Å²) in [4.78, 5) is 14.6. The lowest BCUT2D eigenvalue weighted by molar-refractivity contribution is -0.137. The molecular weight excluding hydrogens is 367 g/mol. The highest BCUT2D eigenvalue weighted by Crippen LogP contribution is 2.39. The zero-order valence-corrected chi connectivity index (χ0v) is 16.5. The van der Waals surface area contributed by atoms with Crippen LogP contribution in [0.5, 0.6) is 0 Å². The Morgan fingerprint density at radius 1 is 1.29 bits per heavy atom. The van der Waals surface area contributed by atoms with Gasteiger partial charge in [-0.3, -0.25) is 9.69 Å². The van der Waals surface area contributed by atoms with Gasteiger partial charge in [-0.1, -0.05) is 32.0 Å². The Labute approximate surface area is 164 Å². The first-order valence-electron chi connectivity index (χ1n) is 10.1. The molecule has 1 aromatic carbocycles. The van der Waals surface area contributed by atoms with E-state index in [1.807, 2.05) is 13.8 Å². The van der Waals surface area contributed by atoms with E-state index in [1.165, 1.54) is 12.1 Å². The first-order valence-corrected chi connectivity index (χ1v) is 10.1. The number of nitrogens with one attached hydrogen (secondary N) is 1.